The first-order valence-electron chi connectivity index (χ1n) is 11.9. The van der Waals surface area contributed by atoms with Gasteiger partial charge in [-0.2, -0.15) is 10.5 Å². The zero-order valence-corrected chi connectivity index (χ0v) is 21.6. The number of nitro groups is 1. The van der Waals surface area contributed by atoms with Crippen LogP contribution in [0.2, 0.25) is 0 Å². The van der Waals surface area contributed by atoms with Crippen molar-refractivity contribution in [2.75, 3.05) is 14.2 Å². The molecular weight excluding hydrogens is 492 g/mol. The first kappa shape index (κ1) is 26.5. The Morgan fingerprint density at radius 2 is 1.28 bits per heavy atom. The molecule has 0 saturated carbocycles. The summed E-state index contributed by atoms with van der Waals surface area (Å²) in [5.41, 5.74) is 5.87. The van der Waals surface area contributed by atoms with Gasteiger partial charge in [-0.05, 0) is 66.6 Å². The molecule has 1 aromatic heterocycles. The summed E-state index contributed by atoms with van der Waals surface area (Å²) in [6.45, 7) is 1.66. The maximum atomic E-state index is 10.9. The molecule has 4 aromatic carbocycles. The number of nitro benzene ring substituents is 1. The Morgan fingerprint density at radius 3 is 1.77 bits per heavy atom. The van der Waals surface area contributed by atoms with Gasteiger partial charge in [0.15, 0.2) is 0 Å². The number of hydrogen-bond acceptors (Lipinski definition) is 6. The van der Waals surface area contributed by atoms with Crippen molar-refractivity contribution in [2.24, 2.45) is 0 Å². The fourth-order valence-electron chi connectivity index (χ4n) is 4.20. The van der Waals surface area contributed by atoms with Gasteiger partial charge in [0.05, 0.1) is 36.3 Å². The molecule has 5 aromatic rings. The third kappa shape index (κ3) is 5.71. The quantitative estimate of drug-likeness (QED) is 0.195. The summed E-state index contributed by atoms with van der Waals surface area (Å²) < 4.78 is 10.2. The highest BCUT2D eigenvalue weighted by atomic mass is 16.6. The molecule has 0 aliphatic rings. The van der Waals surface area contributed by atoms with E-state index in [9.17, 15) is 20.6 Å². The lowest BCUT2D eigenvalue weighted by Crippen LogP contribution is -1.95. The van der Waals surface area contributed by atoms with E-state index in [0.717, 1.165) is 33.3 Å². The number of aromatic nitrogens is 1. The summed E-state index contributed by atoms with van der Waals surface area (Å²) in [5.74, 6) is 1.52. The van der Waals surface area contributed by atoms with Crippen LogP contribution in [-0.2, 0) is 0 Å². The van der Waals surface area contributed by atoms with Crippen LogP contribution in [0.15, 0.2) is 85.1 Å². The van der Waals surface area contributed by atoms with Gasteiger partial charge in [-0.25, -0.2) is 0 Å². The number of aromatic amines is 1. The van der Waals surface area contributed by atoms with Crippen LogP contribution in [0.4, 0.5) is 5.69 Å². The summed E-state index contributed by atoms with van der Waals surface area (Å²) in [4.78, 5) is 13.5. The summed E-state index contributed by atoms with van der Waals surface area (Å²) >= 11 is 0. The first-order chi connectivity index (χ1) is 18.9. The Balaban J connectivity index is 0.000000181. The van der Waals surface area contributed by atoms with E-state index in [-0.39, 0.29) is 11.3 Å². The molecule has 192 valence electrons. The molecule has 0 spiro atoms. The first-order valence-corrected chi connectivity index (χ1v) is 11.9. The molecule has 0 aliphatic carbocycles. The number of aryl methyl sites for hydroxylation is 1. The van der Waals surface area contributed by atoms with Gasteiger partial charge in [0.2, 0.25) is 0 Å². The Hall–Kier alpha value is -5.60. The van der Waals surface area contributed by atoms with Crippen LogP contribution in [0.3, 0.4) is 0 Å². The predicted molar refractivity (Wildman–Crippen MR) is 150 cm³/mol. The van der Waals surface area contributed by atoms with Gasteiger partial charge in [0, 0.05) is 39.9 Å². The molecule has 0 atom stereocenters. The van der Waals surface area contributed by atoms with Gasteiger partial charge in [0.25, 0.3) is 5.69 Å². The molecule has 0 amide bonds. The molecule has 0 unspecified atom stereocenters. The Morgan fingerprint density at radius 1 is 0.769 bits per heavy atom. The van der Waals surface area contributed by atoms with E-state index in [1.54, 1.807) is 39.3 Å². The third-order valence-electron chi connectivity index (χ3n) is 6.27. The molecule has 5 rings (SSSR count). The fraction of sp³-hybridized carbons (Fsp3) is 0.0968. The second-order valence-corrected chi connectivity index (χ2v) is 8.58. The van der Waals surface area contributed by atoms with Crippen LogP contribution in [-0.4, -0.2) is 24.1 Å². The second-order valence-electron chi connectivity index (χ2n) is 8.58. The van der Waals surface area contributed by atoms with E-state index in [1.807, 2.05) is 66.9 Å². The minimum atomic E-state index is -0.478. The van der Waals surface area contributed by atoms with Crippen LogP contribution in [0, 0.1) is 39.7 Å². The number of H-pyrrole nitrogens is 1. The van der Waals surface area contributed by atoms with Crippen LogP contribution >= 0.6 is 0 Å². The summed E-state index contributed by atoms with van der Waals surface area (Å²) in [6, 6.07) is 28.1. The van der Waals surface area contributed by atoms with Gasteiger partial charge in [-0.15, -0.1) is 0 Å². The van der Waals surface area contributed by atoms with Gasteiger partial charge >= 0.3 is 0 Å². The Labute approximate surface area is 225 Å². The molecule has 8 nitrogen and oxygen atoms in total. The van der Waals surface area contributed by atoms with Gasteiger partial charge in [-0.3, -0.25) is 10.1 Å². The molecule has 39 heavy (non-hydrogen) atoms. The average molecular weight is 517 g/mol. The minimum absolute atomic E-state index is 0.0428. The molecule has 0 fully saturated rings. The normalized spacial score (nSPS) is 10.1. The number of methoxy groups -OCH3 is 2. The lowest BCUT2D eigenvalue weighted by atomic mass is 9.97. The van der Waals surface area contributed by atoms with Gasteiger partial charge in [0.1, 0.15) is 17.6 Å². The van der Waals surface area contributed by atoms with Gasteiger partial charge in [-0.1, -0.05) is 24.3 Å². The third-order valence-corrected chi connectivity index (χ3v) is 6.27. The van der Waals surface area contributed by atoms with Crippen molar-refractivity contribution in [3.05, 3.63) is 112 Å². The van der Waals surface area contributed by atoms with E-state index in [1.165, 1.54) is 6.07 Å². The van der Waals surface area contributed by atoms with Crippen molar-refractivity contribution >= 4 is 16.6 Å². The summed E-state index contributed by atoms with van der Waals surface area (Å²) in [5, 5.41) is 30.5. The zero-order valence-electron chi connectivity index (χ0n) is 21.6. The van der Waals surface area contributed by atoms with E-state index < -0.39 is 4.92 Å². The largest absolute Gasteiger partial charge is 0.497 e. The SMILES string of the molecule is COc1ccc(-c2cc(C)c([N+](=O)[O-])cc2C#N)cc1.COc1ccc(-c2cc3cc[nH]c3cc2C#N)cc1. The molecular formula is C31H24N4O4. The summed E-state index contributed by atoms with van der Waals surface area (Å²) in [7, 11) is 3.22. The molecule has 0 aliphatic heterocycles. The fourth-order valence-corrected chi connectivity index (χ4v) is 4.20. The van der Waals surface area contributed by atoms with Crippen LogP contribution in [0.1, 0.15) is 16.7 Å². The van der Waals surface area contributed by atoms with E-state index in [4.69, 9.17) is 9.47 Å². The Kier molecular flexibility index (Phi) is 7.89. The maximum Gasteiger partial charge on any atom is 0.273 e. The van der Waals surface area contributed by atoms with Crippen LogP contribution in [0.5, 0.6) is 11.5 Å². The minimum Gasteiger partial charge on any atom is -0.497 e. The van der Waals surface area contributed by atoms with Crippen molar-refractivity contribution in [3.8, 4) is 45.9 Å². The van der Waals surface area contributed by atoms with Crippen molar-refractivity contribution in [3.63, 3.8) is 0 Å². The average Bonchev–Trinajstić information content (AvgIpc) is 3.44. The number of nitrogens with one attached hydrogen (secondary N) is 1. The molecule has 0 radical (unpaired) electrons. The number of nitriles is 2. The van der Waals surface area contributed by atoms with Crippen LogP contribution < -0.4 is 9.47 Å². The lowest BCUT2D eigenvalue weighted by molar-refractivity contribution is -0.385. The van der Waals surface area contributed by atoms with E-state index >= 15 is 0 Å². The molecule has 1 N–H and O–H groups in total. The topological polar surface area (TPSA) is 125 Å². The number of fused-ring (bicyclic) bond motifs is 1. The Bertz CT molecular complexity index is 1720. The van der Waals surface area contributed by atoms with Crippen molar-refractivity contribution in [1.82, 2.24) is 4.98 Å². The lowest BCUT2D eigenvalue weighted by Gasteiger charge is -2.07. The second kappa shape index (κ2) is 11.6. The van der Waals surface area contributed by atoms with Gasteiger partial charge < -0.3 is 14.5 Å². The van der Waals surface area contributed by atoms with Crippen molar-refractivity contribution < 1.29 is 14.4 Å². The molecule has 1 heterocycles. The highest BCUT2D eigenvalue weighted by Gasteiger charge is 2.16. The smallest absolute Gasteiger partial charge is 0.273 e. The van der Waals surface area contributed by atoms with Crippen LogP contribution in [0.25, 0.3) is 33.2 Å². The maximum absolute atomic E-state index is 10.9. The molecule has 0 saturated heterocycles. The number of benzene rings is 4. The highest BCUT2D eigenvalue weighted by Crippen LogP contribution is 2.31. The van der Waals surface area contributed by atoms with E-state index in [2.05, 4.69) is 11.1 Å². The monoisotopic (exact) mass is 516 g/mol. The summed E-state index contributed by atoms with van der Waals surface area (Å²) in [6.07, 6.45) is 1.88. The van der Waals surface area contributed by atoms with Crippen molar-refractivity contribution in [2.45, 2.75) is 6.92 Å². The number of hydrogen-bond donors (Lipinski definition) is 1. The predicted octanol–water partition coefficient (Wildman–Crippen LogP) is 7.17. The zero-order chi connectivity index (χ0) is 27.9. The molecule has 0 bridgehead atoms. The number of nitrogens with zero attached hydrogens (tertiary/aromatic N) is 3. The van der Waals surface area contributed by atoms with Crippen molar-refractivity contribution in [1.29, 1.82) is 10.5 Å². The van der Waals surface area contributed by atoms with E-state index in [0.29, 0.717) is 22.4 Å². The number of ether oxygens (including phenoxy) is 2. The highest BCUT2D eigenvalue weighted by molar-refractivity contribution is 5.88. The number of rotatable bonds is 5. The standard InChI is InChI=1S/C16H12N2O.C15H12N2O3/c1-19-14-4-2-11(3-5-14)15-8-12-6-7-18-16(12)9-13(15)10-17;1-10-7-14(11-3-5-13(20-2)6-4-11)12(9-16)8-15(10)17(18)19/h2-9,18H,1H3;3-8H,1-2H3. The molecule has 8 heteroatoms.